The number of carbonyl (C=O) groups is 1. The van der Waals surface area contributed by atoms with Crippen molar-refractivity contribution in [2.75, 3.05) is 31.6 Å². The van der Waals surface area contributed by atoms with E-state index in [1.165, 1.54) is 16.4 Å². The molecule has 172 valence electrons. The van der Waals surface area contributed by atoms with E-state index in [2.05, 4.69) is 5.32 Å². The van der Waals surface area contributed by atoms with Crippen molar-refractivity contribution in [3.05, 3.63) is 82.9 Å². The van der Waals surface area contributed by atoms with E-state index in [4.69, 9.17) is 21.1 Å². The summed E-state index contributed by atoms with van der Waals surface area (Å²) < 4.78 is 38.6. The van der Waals surface area contributed by atoms with Crippen LogP contribution in [0, 0.1) is 6.92 Å². The third kappa shape index (κ3) is 5.36. The Morgan fingerprint density at radius 3 is 2.48 bits per heavy atom. The largest absolute Gasteiger partial charge is 0.455 e. The highest BCUT2D eigenvalue weighted by Crippen LogP contribution is 2.32. The molecule has 33 heavy (non-hydrogen) atoms. The van der Waals surface area contributed by atoms with Crippen LogP contribution >= 0.6 is 11.6 Å². The summed E-state index contributed by atoms with van der Waals surface area (Å²) in [4.78, 5) is 13.2. The zero-order valence-corrected chi connectivity index (χ0v) is 19.5. The lowest BCUT2D eigenvalue weighted by Gasteiger charge is -2.26. The Morgan fingerprint density at radius 2 is 1.76 bits per heavy atom. The summed E-state index contributed by atoms with van der Waals surface area (Å²) in [5, 5.41) is 3.23. The predicted octanol–water partition coefficient (Wildman–Crippen LogP) is 4.71. The zero-order chi connectivity index (χ0) is 23.4. The van der Waals surface area contributed by atoms with Gasteiger partial charge in [0.2, 0.25) is 10.0 Å². The Labute approximate surface area is 197 Å². The number of halogens is 1. The van der Waals surface area contributed by atoms with Gasteiger partial charge in [-0.3, -0.25) is 4.79 Å². The van der Waals surface area contributed by atoms with Crippen molar-refractivity contribution < 1.29 is 22.7 Å². The van der Waals surface area contributed by atoms with Gasteiger partial charge < -0.3 is 14.8 Å². The summed E-state index contributed by atoms with van der Waals surface area (Å²) in [7, 11) is -3.74. The molecule has 0 saturated carbocycles. The summed E-state index contributed by atoms with van der Waals surface area (Å²) in [5.74, 6) is 0.547. The first-order valence-corrected chi connectivity index (χ1v) is 12.2. The topological polar surface area (TPSA) is 84.9 Å². The minimum absolute atomic E-state index is 0.0620. The highest BCUT2D eigenvalue weighted by Gasteiger charge is 2.27. The Hall–Kier alpha value is -2.91. The second kappa shape index (κ2) is 9.93. The normalized spacial score (nSPS) is 14.6. The molecule has 1 N–H and O–H groups in total. The van der Waals surface area contributed by atoms with E-state index >= 15 is 0 Å². The molecule has 0 radical (unpaired) electrons. The SMILES string of the molecule is Cc1ccc(S(=O)(=O)N2CCOCC2)cc1C(=O)Nc1cc(Cl)ccc1Oc1ccccc1. The fourth-order valence-corrected chi connectivity index (χ4v) is 5.04. The Balaban J connectivity index is 1.62. The molecule has 0 bridgehead atoms. The third-order valence-corrected chi connectivity index (χ3v) is 7.35. The fourth-order valence-electron chi connectivity index (χ4n) is 3.44. The van der Waals surface area contributed by atoms with Gasteiger partial charge in [0, 0.05) is 23.7 Å². The number of aryl methyl sites for hydroxylation is 1. The first kappa shape index (κ1) is 23.3. The van der Waals surface area contributed by atoms with Crippen LogP contribution in [-0.2, 0) is 14.8 Å². The standard InChI is InChI=1S/C24H23ClN2O5S/c1-17-7-9-20(33(29,30)27-11-13-31-14-12-27)16-21(17)24(28)26-22-15-18(25)8-10-23(22)32-19-5-3-2-4-6-19/h2-10,15-16H,11-14H2,1H3,(H,26,28). The fraction of sp³-hybridized carbons (Fsp3) is 0.208. The van der Waals surface area contributed by atoms with Crippen LogP contribution in [-0.4, -0.2) is 44.9 Å². The van der Waals surface area contributed by atoms with Gasteiger partial charge >= 0.3 is 0 Å². The number of amides is 1. The van der Waals surface area contributed by atoms with E-state index in [0.717, 1.165) is 0 Å². The molecule has 9 heteroatoms. The molecule has 0 aliphatic carbocycles. The molecule has 1 heterocycles. The Kier molecular flexibility index (Phi) is 6.99. The number of para-hydroxylation sites is 1. The Bertz CT molecular complexity index is 1260. The van der Waals surface area contributed by atoms with Gasteiger partial charge in [-0.05, 0) is 55.0 Å². The second-order valence-corrected chi connectivity index (χ2v) is 9.88. The summed E-state index contributed by atoms with van der Waals surface area (Å²) in [6, 6.07) is 18.6. The van der Waals surface area contributed by atoms with E-state index in [1.54, 1.807) is 43.3 Å². The van der Waals surface area contributed by atoms with E-state index < -0.39 is 15.9 Å². The van der Waals surface area contributed by atoms with Crippen LogP contribution in [0.4, 0.5) is 5.69 Å². The van der Waals surface area contributed by atoms with Gasteiger partial charge in [-0.25, -0.2) is 8.42 Å². The summed E-state index contributed by atoms with van der Waals surface area (Å²) >= 11 is 6.15. The molecule has 7 nitrogen and oxygen atoms in total. The van der Waals surface area contributed by atoms with Crippen LogP contribution in [0.1, 0.15) is 15.9 Å². The molecular weight excluding hydrogens is 464 g/mol. The smallest absolute Gasteiger partial charge is 0.256 e. The number of rotatable bonds is 6. The molecule has 4 rings (SSSR count). The van der Waals surface area contributed by atoms with Crippen molar-refractivity contribution in [1.82, 2.24) is 4.31 Å². The van der Waals surface area contributed by atoms with Crippen molar-refractivity contribution in [2.24, 2.45) is 0 Å². The summed E-state index contributed by atoms with van der Waals surface area (Å²) in [6.07, 6.45) is 0. The number of nitrogens with one attached hydrogen (secondary N) is 1. The number of hydrogen-bond donors (Lipinski definition) is 1. The predicted molar refractivity (Wildman–Crippen MR) is 127 cm³/mol. The lowest BCUT2D eigenvalue weighted by molar-refractivity contribution is 0.0730. The lowest BCUT2D eigenvalue weighted by atomic mass is 10.1. The van der Waals surface area contributed by atoms with Gasteiger partial charge in [0.05, 0.1) is 23.8 Å². The number of carbonyl (C=O) groups excluding carboxylic acids is 1. The molecule has 1 saturated heterocycles. The van der Waals surface area contributed by atoms with Gasteiger partial charge in [-0.1, -0.05) is 35.9 Å². The molecule has 0 aromatic heterocycles. The number of sulfonamides is 1. The highest BCUT2D eigenvalue weighted by molar-refractivity contribution is 7.89. The number of nitrogens with zero attached hydrogens (tertiary/aromatic N) is 1. The minimum atomic E-state index is -3.74. The second-order valence-electron chi connectivity index (χ2n) is 7.50. The van der Waals surface area contributed by atoms with Gasteiger partial charge in [0.15, 0.2) is 5.75 Å². The van der Waals surface area contributed by atoms with Crippen molar-refractivity contribution in [1.29, 1.82) is 0 Å². The van der Waals surface area contributed by atoms with E-state index in [-0.39, 0.29) is 23.5 Å². The quantitative estimate of drug-likeness (QED) is 0.545. The molecule has 1 aliphatic rings. The number of hydrogen-bond acceptors (Lipinski definition) is 5. The zero-order valence-electron chi connectivity index (χ0n) is 18.0. The van der Waals surface area contributed by atoms with Crippen molar-refractivity contribution in [3.8, 4) is 11.5 Å². The van der Waals surface area contributed by atoms with Crippen molar-refractivity contribution in [2.45, 2.75) is 11.8 Å². The van der Waals surface area contributed by atoms with Crippen molar-refractivity contribution >= 4 is 33.2 Å². The van der Waals surface area contributed by atoms with Crippen LogP contribution in [0.15, 0.2) is 71.6 Å². The molecule has 1 fully saturated rings. The van der Waals surface area contributed by atoms with E-state index in [1.807, 2.05) is 18.2 Å². The number of benzene rings is 3. The minimum Gasteiger partial charge on any atom is -0.455 e. The summed E-state index contributed by atoms with van der Waals surface area (Å²) in [6.45, 7) is 3.00. The molecule has 1 aliphatic heterocycles. The average molecular weight is 487 g/mol. The van der Waals surface area contributed by atoms with Gasteiger partial charge in [0.25, 0.3) is 5.91 Å². The first-order chi connectivity index (χ1) is 15.8. The van der Waals surface area contributed by atoms with Crippen LogP contribution in [0.5, 0.6) is 11.5 Å². The maximum atomic E-state index is 13.2. The number of ether oxygens (including phenoxy) is 2. The van der Waals surface area contributed by atoms with E-state index in [0.29, 0.717) is 41.0 Å². The van der Waals surface area contributed by atoms with Crippen LogP contribution in [0.2, 0.25) is 5.02 Å². The lowest BCUT2D eigenvalue weighted by Crippen LogP contribution is -2.40. The number of anilines is 1. The van der Waals surface area contributed by atoms with Crippen molar-refractivity contribution in [3.63, 3.8) is 0 Å². The molecule has 1 amide bonds. The maximum absolute atomic E-state index is 13.2. The molecule has 0 atom stereocenters. The molecule has 0 unspecified atom stereocenters. The highest BCUT2D eigenvalue weighted by atomic mass is 35.5. The van der Waals surface area contributed by atoms with Crippen LogP contribution < -0.4 is 10.1 Å². The van der Waals surface area contributed by atoms with Crippen LogP contribution in [0.25, 0.3) is 0 Å². The van der Waals surface area contributed by atoms with E-state index in [9.17, 15) is 13.2 Å². The Morgan fingerprint density at radius 1 is 1.03 bits per heavy atom. The molecule has 0 spiro atoms. The molecular formula is C24H23ClN2O5S. The molecule has 3 aromatic carbocycles. The van der Waals surface area contributed by atoms with Gasteiger partial charge in [-0.2, -0.15) is 4.31 Å². The first-order valence-electron chi connectivity index (χ1n) is 10.4. The maximum Gasteiger partial charge on any atom is 0.256 e. The summed E-state index contributed by atoms with van der Waals surface area (Å²) in [5.41, 5.74) is 1.26. The monoisotopic (exact) mass is 486 g/mol. The van der Waals surface area contributed by atoms with Gasteiger partial charge in [0.1, 0.15) is 5.75 Å². The van der Waals surface area contributed by atoms with Crippen LogP contribution in [0.3, 0.4) is 0 Å². The molecule has 3 aromatic rings. The van der Waals surface area contributed by atoms with Gasteiger partial charge in [-0.15, -0.1) is 0 Å². The average Bonchev–Trinajstić information content (AvgIpc) is 2.82. The number of morpholine rings is 1. The third-order valence-electron chi connectivity index (χ3n) is 5.22.